The number of halogens is 3. The standard InChI is InChI=1S/C30H26F3N9O3/c31-21-16-20(21)27(43)35-19-6-7-24-22(15-19)36-28(45-24)18-8-9-34-23(14-18)29(44)41-12-10-40(11-13-41)25(17-4-2-1-3-5-17)26-37-39-42(38-26)30(32)33/h1-9,14-15,20-21,25,30H,10-13,16H2,(H,35,43)/t20-,21-,25?/m1/s1. The molecule has 12 nitrogen and oxygen atoms in total. The van der Waals surface area contributed by atoms with Crippen LogP contribution in [0.4, 0.5) is 18.9 Å². The third-order valence-electron chi connectivity index (χ3n) is 7.88. The van der Waals surface area contributed by atoms with Gasteiger partial charge >= 0.3 is 6.55 Å². The van der Waals surface area contributed by atoms with Gasteiger partial charge in [0.15, 0.2) is 11.4 Å². The third-order valence-corrected chi connectivity index (χ3v) is 7.88. The molecule has 1 aliphatic carbocycles. The van der Waals surface area contributed by atoms with Crippen LogP contribution >= 0.6 is 0 Å². The number of aromatic nitrogens is 6. The number of oxazole rings is 1. The fourth-order valence-electron chi connectivity index (χ4n) is 5.41. The van der Waals surface area contributed by atoms with Gasteiger partial charge in [0, 0.05) is 43.6 Å². The molecule has 4 heterocycles. The summed E-state index contributed by atoms with van der Waals surface area (Å²) in [5.41, 5.74) is 3.04. The van der Waals surface area contributed by atoms with Crippen molar-refractivity contribution in [1.29, 1.82) is 0 Å². The number of rotatable bonds is 8. The summed E-state index contributed by atoms with van der Waals surface area (Å²) in [6, 6.07) is 17.1. The Morgan fingerprint density at radius 2 is 1.78 bits per heavy atom. The van der Waals surface area contributed by atoms with Crippen molar-refractivity contribution in [2.45, 2.75) is 25.2 Å². The van der Waals surface area contributed by atoms with Crippen LogP contribution in [0, 0.1) is 5.92 Å². The summed E-state index contributed by atoms with van der Waals surface area (Å²) in [7, 11) is 0. The molecule has 1 N–H and O–H groups in total. The van der Waals surface area contributed by atoms with Crippen LogP contribution in [-0.2, 0) is 4.79 Å². The monoisotopic (exact) mass is 617 g/mol. The highest BCUT2D eigenvalue weighted by molar-refractivity contribution is 5.96. The first kappa shape index (κ1) is 28.6. The molecule has 45 heavy (non-hydrogen) atoms. The lowest BCUT2D eigenvalue weighted by Gasteiger charge is -2.38. The molecule has 2 aromatic carbocycles. The zero-order valence-electron chi connectivity index (χ0n) is 23.6. The second-order valence-corrected chi connectivity index (χ2v) is 10.9. The Bertz CT molecular complexity index is 1860. The molecular weight excluding hydrogens is 591 g/mol. The molecule has 230 valence electrons. The van der Waals surface area contributed by atoms with Crippen LogP contribution in [0.15, 0.2) is 71.3 Å². The second kappa shape index (κ2) is 11.7. The van der Waals surface area contributed by atoms with Gasteiger partial charge < -0.3 is 14.6 Å². The smallest absolute Gasteiger partial charge is 0.350 e. The minimum atomic E-state index is -2.90. The lowest BCUT2D eigenvalue weighted by molar-refractivity contribution is -0.117. The Labute approximate surface area is 253 Å². The molecule has 2 fully saturated rings. The number of hydrogen-bond acceptors (Lipinski definition) is 9. The molecule has 2 amide bonds. The summed E-state index contributed by atoms with van der Waals surface area (Å²) in [6.07, 6.45) is 0.651. The number of nitrogens with one attached hydrogen (secondary N) is 1. The van der Waals surface area contributed by atoms with Crippen LogP contribution in [0.1, 0.15) is 40.9 Å². The molecular formula is C30H26F3N9O3. The van der Waals surface area contributed by atoms with Gasteiger partial charge in [-0.2, -0.15) is 8.78 Å². The highest BCUT2D eigenvalue weighted by Crippen LogP contribution is 2.35. The molecule has 0 spiro atoms. The normalized spacial score (nSPS) is 19.2. The average Bonchev–Trinajstić information content (AvgIpc) is 3.40. The number of tetrazole rings is 1. The average molecular weight is 618 g/mol. The summed E-state index contributed by atoms with van der Waals surface area (Å²) in [5.74, 6) is -0.824. The summed E-state index contributed by atoms with van der Waals surface area (Å²) in [6.45, 7) is -1.31. The maximum absolute atomic E-state index is 13.5. The Hall–Kier alpha value is -5.18. The van der Waals surface area contributed by atoms with Crippen LogP contribution in [0.25, 0.3) is 22.6 Å². The van der Waals surface area contributed by atoms with Crippen molar-refractivity contribution in [2.24, 2.45) is 5.92 Å². The Balaban J connectivity index is 1.05. The zero-order valence-corrected chi connectivity index (χ0v) is 23.6. The molecule has 15 heteroatoms. The first-order valence-corrected chi connectivity index (χ1v) is 14.3. The highest BCUT2D eigenvalue weighted by atomic mass is 19.3. The summed E-state index contributed by atoms with van der Waals surface area (Å²) in [4.78, 5) is 38.4. The van der Waals surface area contributed by atoms with E-state index in [1.165, 1.54) is 6.20 Å². The van der Waals surface area contributed by atoms with E-state index in [0.29, 0.717) is 48.5 Å². The summed E-state index contributed by atoms with van der Waals surface area (Å²) < 4.78 is 45.5. The maximum atomic E-state index is 13.5. The zero-order chi connectivity index (χ0) is 31.1. The number of fused-ring (bicyclic) bond motifs is 1. The quantitative estimate of drug-likeness (QED) is 0.273. The molecule has 3 aromatic heterocycles. The van der Waals surface area contributed by atoms with Gasteiger partial charge in [-0.1, -0.05) is 35.1 Å². The number of carbonyl (C=O) groups is 2. The van der Waals surface area contributed by atoms with Gasteiger partial charge in [-0.25, -0.2) is 9.37 Å². The predicted octanol–water partition coefficient (Wildman–Crippen LogP) is 4.12. The first-order chi connectivity index (χ1) is 21.8. The number of pyridine rings is 1. The van der Waals surface area contributed by atoms with Gasteiger partial charge in [-0.3, -0.25) is 19.5 Å². The van der Waals surface area contributed by atoms with E-state index in [2.05, 4.69) is 30.7 Å². The molecule has 3 atom stereocenters. The van der Waals surface area contributed by atoms with Gasteiger partial charge in [0.1, 0.15) is 17.4 Å². The van der Waals surface area contributed by atoms with E-state index in [1.807, 2.05) is 35.2 Å². The van der Waals surface area contributed by atoms with E-state index >= 15 is 0 Å². The molecule has 7 rings (SSSR count). The van der Waals surface area contributed by atoms with Crippen LogP contribution in [-0.4, -0.2) is 84.1 Å². The molecule has 5 aromatic rings. The minimum Gasteiger partial charge on any atom is -0.436 e. The van der Waals surface area contributed by atoms with Crippen molar-refractivity contribution in [3.8, 4) is 11.5 Å². The second-order valence-electron chi connectivity index (χ2n) is 10.9. The van der Waals surface area contributed by atoms with Gasteiger partial charge in [0.05, 0.1) is 12.0 Å². The number of anilines is 1. The van der Waals surface area contributed by atoms with E-state index in [9.17, 15) is 22.8 Å². The number of carbonyl (C=O) groups excluding carboxylic acids is 2. The van der Waals surface area contributed by atoms with Crippen molar-refractivity contribution in [2.75, 3.05) is 31.5 Å². The number of piperazine rings is 1. The third kappa shape index (κ3) is 5.85. The van der Waals surface area contributed by atoms with Gasteiger partial charge in [-0.05, 0) is 47.5 Å². The van der Waals surface area contributed by atoms with Crippen LogP contribution in [0.2, 0.25) is 0 Å². The SMILES string of the molecule is O=C(Nc1ccc2oc(-c3ccnc(C(=O)N4CCN(C(c5ccccc5)c5nnn(C(F)F)n5)CC4)c3)nc2c1)[C@@H]1C[C@H]1F. The Morgan fingerprint density at radius 1 is 1.00 bits per heavy atom. The topological polar surface area (TPSA) is 135 Å². The number of nitrogens with zero attached hydrogens (tertiary/aromatic N) is 8. The van der Waals surface area contributed by atoms with Crippen LogP contribution in [0.3, 0.4) is 0 Å². The Morgan fingerprint density at radius 3 is 2.49 bits per heavy atom. The number of amides is 2. The highest BCUT2D eigenvalue weighted by Gasteiger charge is 2.43. The molecule has 1 aliphatic heterocycles. The largest absolute Gasteiger partial charge is 0.436 e. The van der Waals surface area contributed by atoms with Crippen LogP contribution < -0.4 is 5.32 Å². The summed E-state index contributed by atoms with van der Waals surface area (Å²) >= 11 is 0. The van der Waals surface area contributed by atoms with Gasteiger partial charge in [-0.15, -0.1) is 10.2 Å². The van der Waals surface area contributed by atoms with E-state index in [1.54, 1.807) is 35.2 Å². The maximum Gasteiger partial charge on any atom is 0.350 e. The van der Waals surface area contributed by atoms with Crippen molar-refractivity contribution < 1.29 is 27.2 Å². The lowest BCUT2D eigenvalue weighted by Crippen LogP contribution is -2.50. The van der Waals surface area contributed by atoms with Gasteiger partial charge in [0.25, 0.3) is 5.91 Å². The van der Waals surface area contributed by atoms with E-state index < -0.39 is 24.7 Å². The lowest BCUT2D eigenvalue weighted by atomic mass is 10.0. The first-order valence-electron chi connectivity index (χ1n) is 14.3. The summed E-state index contributed by atoms with van der Waals surface area (Å²) in [5, 5.41) is 14.0. The van der Waals surface area contributed by atoms with Crippen molar-refractivity contribution in [3.05, 3.63) is 83.9 Å². The molecule has 0 bridgehead atoms. The van der Waals surface area contributed by atoms with Crippen LogP contribution in [0.5, 0.6) is 0 Å². The molecule has 1 unspecified atom stereocenters. The Kier molecular flexibility index (Phi) is 7.45. The molecule has 1 saturated carbocycles. The van der Waals surface area contributed by atoms with Crippen molar-refractivity contribution in [3.63, 3.8) is 0 Å². The fraction of sp³-hybridized carbons (Fsp3) is 0.300. The number of alkyl halides is 3. The molecule has 0 radical (unpaired) electrons. The minimum absolute atomic E-state index is 0.153. The van der Waals surface area contributed by atoms with Crippen molar-refractivity contribution in [1.82, 2.24) is 40.0 Å². The molecule has 2 aliphatic rings. The van der Waals surface area contributed by atoms with Crippen molar-refractivity contribution >= 4 is 28.6 Å². The molecule has 1 saturated heterocycles. The van der Waals surface area contributed by atoms with E-state index in [0.717, 1.165) is 5.56 Å². The van der Waals surface area contributed by atoms with Gasteiger partial charge in [0.2, 0.25) is 11.8 Å². The predicted molar refractivity (Wildman–Crippen MR) is 154 cm³/mol. The number of benzene rings is 2. The number of hydrogen-bond donors (Lipinski definition) is 1. The van der Waals surface area contributed by atoms with E-state index in [4.69, 9.17) is 4.42 Å². The fourth-order valence-corrected chi connectivity index (χ4v) is 5.41. The van der Waals surface area contributed by atoms with E-state index in [-0.39, 0.29) is 40.4 Å².